The van der Waals surface area contributed by atoms with E-state index in [-0.39, 0.29) is 12.4 Å². The van der Waals surface area contributed by atoms with Crippen molar-refractivity contribution in [1.29, 1.82) is 0 Å². The van der Waals surface area contributed by atoms with Gasteiger partial charge in [0.2, 0.25) is 0 Å². The molecule has 3 aromatic rings. The number of hydrogen-bond donors (Lipinski definition) is 1. The van der Waals surface area contributed by atoms with Crippen molar-refractivity contribution in [2.75, 3.05) is 7.11 Å². The molecule has 0 bridgehead atoms. The van der Waals surface area contributed by atoms with Gasteiger partial charge in [-0.3, -0.25) is 0 Å². The van der Waals surface area contributed by atoms with Crippen molar-refractivity contribution >= 4 is 39.9 Å². The van der Waals surface area contributed by atoms with Crippen LogP contribution in [0.2, 0.25) is 5.02 Å². The van der Waals surface area contributed by atoms with Gasteiger partial charge in [-0.15, -0.1) is 12.4 Å². The quantitative estimate of drug-likeness (QED) is 0.402. The van der Waals surface area contributed by atoms with Crippen molar-refractivity contribution in [2.24, 2.45) is 0 Å². The largest absolute Gasteiger partial charge is 0.497 e. The highest BCUT2D eigenvalue weighted by molar-refractivity contribution is 9.10. The zero-order chi connectivity index (χ0) is 19.1. The first kappa shape index (κ1) is 22.6. The van der Waals surface area contributed by atoms with E-state index in [1.54, 1.807) is 7.11 Å². The van der Waals surface area contributed by atoms with Gasteiger partial charge in [0.15, 0.2) is 0 Å². The molecule has 0 saturated carbocycles. The van der Waals surface area contributed by atoms with Crippen LogP contribution < -0.4 is 14.8 Å². The van der Waals surface area contributed by atoms with Crippen LogP contribution in [0.15, 0.2) is 71.2 Å². The fourth-order valence-corrected chi connectivity index (χ4v) is 3.27. The Kier molecular flexibility index (Phi) is 9.13. The number of nitrogens with one attached hydrogen (secondary N) is 1. The fraction of sp³-hybridized carbons (Fsp3) is 0.182. The molecule has 148 valence electrons. The molecule has 0 atom stereocenters. The van der Waals surface area contributed by atoms with Crippen LogP contribution in [0, 0.1) is 0 Å². The average molecular weight is 483 g/mol. The Balaban J connectivity index is 0.00000280. The maximum atomic E-state index is 5.91. The van der Waals surface area contributed by atoms with Crippen LogP contribution in [0.4, 0.5) is 0 Å². The third-order valence-corrected chi connectivity index (χ3v) is 4.99. The first-order valence-corrected chi connectivity index (χ1v) is 9.80. The van der Waals surface area contributed by atoms with Crippen molar-refractivity contribution in [1.82, 2.24) is 5.32 Å². The minimum absolute atomic E-state index is 0. The van der Waals surface area contributed by atoms with E-state index in [1.807, 2.05) is 42.5 Å². The SMILES string of the molecule is COc1ccc(CNCc2ccc(OCc3ccc(Cl)cc3)c(Br)c2)cc1.Cl. The Hall–Kier alpha value is -1.72. The molecule has 3 rings (SSSR count). The maximum absolute atomic E-state index is 5.91. The molecule has 0 aromatic heterocycles. The van der Waals surface area contributed by atoms with Gasteiger partial charge in [-0.2, -0.15) is 0 Å². The molecule has 0 saturated heterocycles. The molecule has 0 aliphatic rings. The Morgan fingerprint density at radius 2 is 1.46 bits per heavy atom. The van der Waals surface area contributed by atoms with Crippen LogP contribution >= 0.6 is 39.9 Å². The summed E-state index contributed by atoms with van der Waals surface area (Å²) in [4.78, 5) is 0. The lowest BCUT2D eigenvalue weighted by Gasteiger charge is -2.11. The Labute approximate surface area is 185 Å². The van der Waals surface area contributed by atoms with Gasteiger partial charge < -0.3 is 14.8 Å². The van der Waals surface area contributed by atoms with Crippen molar-refractivity contribution in [3.8, 4) is 11.5 Å². The molecule has 0 aliphatic heterocycles. The molecule has 0 fully saturated rings. The van der Waals surface area contributed by atoms with Crippen LogP contribution in [0.1, 0.15) is 16.7 Å². The highest BCUT2D eigenvalue weighted by Crippen LogP contribution is 2.27. The Morgan fingerprint density at radius 3 is 2.11 bits per heavy atom. The van der Waals surface area contributed by atoms with E-state index in [9.17, 15) is 0 Å². The third-order valence-electron chi connectivity index (χ3n) is 4.12. The van der Waals surface area contributed by atoms with E-state index in [1.165, 1.54) is 11.1 Å². The van der Waals surface area contributed by atoms with Gasteiger partial charge in [-0.05, 0) is 69.0 Å². The Morgan fingerprint density at radius 1 is 0.857 bits per heavy atom. The third kappa shape index (κ3) is 6.71. The highest BCUT2D eigenvalue weighted by atomic mass is 79.9. The zero-order valence-electron chi connectivity index (χ0n) is 15.5. The summed E-state index contributed by atoms with van der Waals surface area (Å²) in [5.74, 6) is 1.70. The number of rotatable bonds is 8. The van der Waals surface area contributed by atoms with Crippen LogP contribution in [-0.2, 0) is 19.7 Å². The minimum Gasteiger partial charge on any atom is -0.497 e. The van der Waals surface area contributed by atoms with Crippen molar-refractivity contribution in [3.05, 3.63) is 92.9 Å². The number of hydrogen-bond acceptors (Lipinski definition) is 3. The second-order valence-electron chi connectivity index (χ2n) is 6.13. The number of benzene rings is 3. The van der Waals surface area contributed by atoms with Gasteiger partial charge in [0, 0.05) is 18.1 Å². The number of ether oxygens (including phenoxy) is 2. The minimum atomic E-state index is 0. The molecule has 3 nitrogen and oxygen atoms in total. The van der Waals surface area contributed by atoms with Crippen LogP contribution in [0.25, 0.3) is 0 Å². The van der Waals surface area contributed by atoms with E-state index in [0.29, 0.717) is 6.61 Å². The maximum Gasteiger partial charge on any atom is 0.134 e. The van der Waals surface area contributed by atoms with Crippen molar-refractivity contribution < 1.29 is 9.47 Å². The Bertz CT molecular complexity index is 871. The molecule has 0 radical (unpaired) electrons. The second kappa shape index (κ2) is 11.3. The van der Waals surface area contributed by atoms with E-state index in [0.717, 1.165) is 39.6 Å². The van der Waals surface area contributed by atoms with Crippen molar-refractivity contribution in [2.45, 2.75) is 19.7 Å². The second-order valence-corrected chi connectivity index (χ2v) is 7.42. The topological polar surface area (TPSA) is 30.5 Å². The van der Waals surface area contributed by atoms with Gasteiger partial charge in [0.05, 0.1) is 11.6 Å². The summed E-state index contributed by atoms with van der Waals surface area (Å²) in [6.45, 7) is 2.09. The van der Waals surface area contributed by atoms with E-state index in [4.69, 9.17) is 21.1 Å². The van der Waals surface area contributed by atoms with E-state index < -0.39 is 0 Å². The molecule has 0 heterocycles. The summed E-state index contributed by atoms with van der Waals surface area (Å²) in [5, 5.41) is 4.18. The summed E-state index contributed by atoms with van der Waals surface area (Å²) >= 11 is 9.50. The predicted molar refractivity (Wildman–Crippen MR) is 121 cm³/mol. The zero-order valence-corrected chi connectivity index (χ0v) is 18.6. The lowest BCUT2D eigenvalue weighted by atomic mass is 10.2. The van der Waals surface area contributed by atoms with Crippen LogP contribution in [-0.4, -0.2) is 7.11 Å². The molecule has 3 aromatic carbocycles. The molecule has 6 heteroatoms. The summed E-state index contributed by atoms with van der Waals surface area (Å²) in [5.41, 5.74) is 3.49. The van der Waals surface area contributed by atoms with Gasteiger partial charge in [-0.25, -0.2) is 0 Å². The van der Waals surface area contributed by atoms with Gasteiger partial charge in [0.25, 0.3) is 0 Å². The van der Waals surface area contributed by atoms with E-state index in [2.05, 4.69) is 45.5 Å². The highest BCUT2D eigenvalue weighted by Gasteiger charge is 2.04. The fourth-order valence-electron chi connectivity index (χ4n) is 2.61. The molecule has 0 amide bonds. The summed E-state index contributed by atoms with van der Waals surface area (Å²) in [6, 6.07) is 21.9. The summed E-state index contributed by atoms with van der Waals surface area (Å²) < 4.78 is 12.0. The first-order chi connectivity index (χ1) is 13.1. The number of halogens is 3. The lowest BCUT2D eigenvalue weighted by Crippen LogP contribution is -2.12. The number of methoxy groups -OCH3 is 1. The molecular weight excluding hydrogens is 461 g/mol. The summed E-state index contributed by atoms with van der Waals surface area (Å²) in [6.07, 6.45) is 0. The van der Waals surface area contributed by atoms with Crippen LogP contribution in [0.3, 0.4) is 0 Å². The normalized spacial score (nSPS) is 10.2. The monoisotopic (exact) mass is 481 g/mol. The van der Waals surface area contributed by atoms with Crippen LogP contribution in [0.5, 0.6) is 11.5 Å². The van der Waals surface area contributed by atoms with Gasteiger partial charge >= 0.3 is 0 Å². The van der Waals surface area contributed by atoms with Crippen molar-refractivity contribution in [3.63, 3.8) is 0 Å². The standard InChI is InChI=1S/C22H21BrClNO2.ClH/c1-26-20-9-4-16(5-10-20)13-25-14-18-6-11-22(21(23)12-18)27-15-17-2-7-19(24)8-3-17;/h2-12,25H,13-15H2,1H3;1H. The smallest absolute Gasteiger partial charge is 0.134 e. The molecule has 1 N–H and O–H groups in total. The molecule has 28 heavy (non-hydrogen) atoms. The predicted octanol–water partition coefficient (Wildman–Crippen LogP) is 6.40. The lowest BCUT2D eigenvalue weighted by molar-refractivity contribution is 0.304. The molecule has 0 spiro atoms. The summed E-state index contributed by atoms with van der Waals surface area (Å²) in [7, 11) is 1.67. The van der Waals surface area contributed by atoms with Gasteiger partial charge in [0.1, 0.15) is 18.1 Å². The molecule has 0 unspecified atom stereocenters. The average Bonchev–Trinajstić information content (AvgIpc) is 2.69. The first-order valence-electron chi connectivity index (χ1n) is 8.63. The van der Waals surface area contributed by atoms with E-state index >= 15 is 0 Å². The molecular formula is C22H22BrCl2NO2. The molecule has 0 aliphatic carbocycles. The van der Waals surface area contributed by atoms with Gasteiger partial charge in [-0.1, -0.05) is 41.9 Å².